The van der Waals surface area contributed by atoms with Crippen LogP contribution in [0.5, 0.6) is 5.75 Å². The third-order valence-electron chi connectivity index (χ3n) is 4.48. The molecule has 6 nitrogen and oxygen atoms in total. The van der Waals surface area contributed by atoms with Crippen LogP contribution >= 0.6 is 0 Å². The molecule has 0 amide bonds. The molecule has 2 aromatic heterocycles. The average Bonchev–Trinajstić information content (AvgIpc) is 3.00. The van der Waals surface area contributed by atoms with E-state index in [9.17, 15) is 10.1 Å². The van der Waals surface area contributed by atoms with Gasteiger partial charge >= 0.3 is 5.97 Å². The van der Waals surface area contributed by atoms with Gasteiger partial charge < -0.3 is 14.0 Å². The number of fused-ring (bicyclic) bond motifs is 1. The first-order chi connectivity index (χ1) is 14.0. The third kappa shape index (κ3) is 4.46. The number of esters is 1. The number of pyridine rings is 1. The molecule has 0 saturated heterocycles. The molecule has 0 N–H and O–H groups in total. The van der Waals surface area contributed by atoms with Gasteiger partial charge in [-0.05, 0) is 50.6 Å². The molecule has 3 aromatic rings. The van der Waals surface area contributed by atoms with Gasteiger partial charge in [-0.25, -0.2) is 9.78 Å². The van der Waals surface area contributed by atoms with Gasteiger partial charge in [0.2, 0.25) is 0 Å². The van der Waals surface area contributed by atoms with Gasteiger partial charge in [-0.15, -0.1) is 0 Å². The second-order valence-electron chi connectivity index (χ2n) is 6.55. The molecule has 0 fully saturated rings. The summed E-state index contributed by atoms with van der Waals surface area (Å²) in [5.74, 6) is 0.322. The molecule has 0 aliphatic carbocycles. The largest absolute Gasteiger partial charge is 0.492 e. The van der Waals surface area contributed by atoms with Crippen LogP contribution in [-0.2, 0) is 16.1 Å². The molecule has 6 heteroatoms. The highest BCUT2D eigenvalue weighted by atomic mass is 16.5. The Morgan fingerprint density at radius 1 is 1.28 bits per heavy atom. The predicted molar refractivity (Wildman–Crippen MR) is 112 cm³/mol. The first kappa shape index (κ1) is 20.2. The fourth-order valence-electron chi connectivity index (χ4n) is 3.32. The van der Waals surface area contributed by atoms with Crippen LogP contribution in [0.15, 0.2) is 42.5 Å². The molecule has 1 aromatic carbocycles. The molecular formula is C23H23N3O3. The molecule has 3 rings (SSSR count). The molecule has 0 saturated carbocycles. The Morgan fingerprint density at radius 3 is 2.72 bits per heavy atom. The van der Waals surface area contributed by atoms with Crippen molar-refractivity contribution in [2.24, 2.45) is 0 Å². The van der Waals surface area contributed by atoms with Crippen molar-refractivity contribution in [2.75, 3.05) is 13.2 Å². The Hall–Kier alpha value is -3.59. The summed E-state index contributed by atoms with van der Waals surface area (Å²) in [5.41, 5.74) is 3.65. The van der Waals surface area contributed by atoms with Gasteiger partial charge in [-0.1, -0.05) is 18.2 Å². The van der Waals surface area contributed by atoms with Crippen LogP contribution in [0.3, 0.4) is 0 Å². The molecule has 0 spiro atoms. The summed E-state index contributed by atoms with van der Waals surface area (Å²) in [6.07, 6.45) is 2.96. The zero-order valence-corrected chi connectivity index (χ0v) is 16.8. The number of benzene rings is 1. The molecule has 0 bridgehead atoms. The standard InChI is InChI=1S/C23H23N3O3/c1-4-28-21(27)11-10-20-19(15-24)22-16(2)14-17(3)25-23(22)26(20)12-13-29-18-8-6-5-7-9-18/h5-11,14H,4,12-13H2,1-3H3. The van der Waals surface area contributed by atoms with Crippen LogP contribution in [0.25, 0.3) is 17.1 Å². The van der Waals surface area contributed by atoms with Crippen molar-refractivity contribution in [3.05, 3.63) is 65.0 Å². The molecule has 0 aliphatic rings. The van der Waals surface area contributed by atoms with Crippen LogP contribution in [0.4, 0.5) is 0 Å². The number of aromatic nitrogens is 2. The lowest BCUT2D eigenvalue weighted by Gasteiger charge is -2.10. The Kier molecular flexibility index (Phi) is 6.30. The fourth-order valence-corrected chi connectivity index (χ4v) is 3.32. The quantitative estimate of drug-likeness (QED) is 0.447. The van der Waals surface area contributed by atoms with Crippen LogP contribution in [0.2, 0.25) is 0 Å². The monoisotopic (exact) mass is 389 g/mol. The van der Waals surface area contributed by atoms with Gasteiger partial charge in [0.1, 0.15) is 24.1 Å². The van der Waals surface area contributed by atoms with Crippen LogP contribution in [-0.4, -0.2) is 28.7 Å². The number of carbonyl (C=O) groups is 1. The number of aryl methyl sites for hydroxylation is 2. The van der Waals surface area contributed by atoms with E-state index in [2.05, 4.69) is 11.1 Å². The van der Waals surface area contributed by atoms with Crippen molar-refractivity contribution in [2.45, 2.75) is 27.3 Å². The number of hydrogen-bond acceptors (Lipinski definition) is 5. The van der Waals surface area contributed by atoms with E-state index in [-0.39, 0.29) is 0 Å². The first-order valence-electron chi connectivity index (χ1n) is 9.48. The lowest BCUT2D eigenvalue weighted by Crippen LogP contribution is -2.10. The lowest BCUT2D eigenvalue weighted by molar-refractivity contribution is -0.137. The third-order valence-corrected chi connectivity index (χ3v) is 4.48. The van der Waals surface area contributed by atoms with Crippen molar-refractivity contribution in [3.8, 4) is 11.8 Å². The number of ether oxygens (including phenoxy) is 2. The normalized spacial score (nSPS) is 11.0. The first-order valence-corrected chi connectivity index (χ1v) is 9.48. The zero-order valence-electron chi connectivity index (χ0n) is 16.8. The second-order valence-corrected chi connectivity index (χ2v) is 6.55. The van der Waals surface area contributed by atoms with Gasteiger partial charge in [-0.2, -0.15) is 5.26 Å². The highest BCUT2D eigenvalue weighted by Gasteiger charge is 2.19. The van der Waals surface area contributed by atoms with E-state index in [1.54, 1.807) is 13.0 Å². The average molecular weight is 389 g/mol. The molecule has 29 heavy (non-hydrogen) atoms. The zero-order chi connectivity index (χ0) is 20.8. The number of nitriles is 1. The highest BCUT2D eigenvalue weighted by molar-refractivity contribution is 5.94. The minimum Gasteiger partial charge on any atom is -0.492 e. The molecule has 148 valence electrons. The van der Waals surface area contributed by atoms with E-state index < -0.39 is 5.97 Å². The fraction of sp³-hybridized carbons (Fsp3) is 0.261. The summed E-state index contributed by atoms with van der Waals surface area (Å²) in [4.78, 5) is 16.5. The van der Waals surface area contributed by atoms with Gasteiger partial charge in [0, 0.05) is 17.2 Å². The van der Waals surface area contributed by atoms with Crippen molar-refractivity contribution in [3.63, 3.8) is 0 Å². The van der Waals surface area contributed by atoms with E-state index in [0.717, 1.165) is 22.4 Å². The summed E-state index contributed by atoms with van der Waals surface area (Å²) in [7, 11) is 0. The Balaban J connectivity index is 2.03. The maximum Gasteiger partial charge on any atom is 0.330 e. The van der Waals surface area contributed by atoms with E-state index in [0.29, 0.717) is 36.7 Å². The summed E-state index contributed by atoms with van der Waals surface area (Å²) in [6.45, 7) is 6.80. The smallest absolute Gasteiger partial charge is 0.330 e. The number of nitrogens with zero attached hydrogens (tertiary/aromatic N) is 3. The minimum absolute atomic E-state index is 0.294. The molecule has 0 aliphatic heterocycles. The molecule has 2 heterocycles. The van der Waals surface area contributed by atoms with Crippen molar-refractivity contribution >= 4 is 23.1 Å². The summed E-state index contributed by atoms with van der Waals surface area (Å²) in [5, 5.41) is 10.6. The summed E-state index contributed by atoms with van der Waals surface area (Å²) < 4.78 is 12.7. The lowest BCUT2D eigenvalue weighted by atomic mass is 10.1. The number of hydrogen-bond donors (Lipinski definition) is 0. The van der Waals surface area contributed by atoms with Crippen LogP contribution < -0.4 is 4.74 Å². The Bertz CT molecular complexity index is 1090. The van der Waals surface area contributed by atoms with Crippen LogP contribution in [0, 0.1) is 25.2 Å². The molecule has 0 radical (unpaired) electrons. The van der Waals surface area contributed by atoms with Gasteiger partial charge in [0.15, 0.2) is 0 Å². The Labute approximate surface area is 170 Å². The number of para-hydroxylation sites is 1. The maximum absolute atomic E-state index is 11.8. The SMILES string of the molecule is CCOC(=O)C=Cc1c(C#N)c2c(C)cc(C)nc2n1CCOc1ccccc1. The summed E-state index contributed by atoms with van der Waals surface area (Å²) >= 11 is 0. The van der Waals surface area contributed by atoms with E-state index in [1.807, 2.05) is 54.8 Å². The van der Waals surface area contributed by atoms with Crippen molar-refractivity contribution in [1.82, 2.24) is 9.55 Å². The predicted octanol–water partition coefficient (Wildman–Crippen LogP) is 4.18. The highest BCUT2D eigenvalue weighted by Crippen LogP contribution is 2.29. The topological polar surface area (TPSA) is 77.1 Å². The van der Waals surface area contributed by atoms with E-state index >= 15 is 0 Å². The molecule has 0 unspecified atom stereocenters. The van der Waals surface area contributed by atoms with Gasteiger partial charge in [-0.3, -0.25) is 0 Å². The van der Waals surface area contributed by atoms with Crippen molar-refractivity contribution < 1.29 is 14.3 Å². The van der Waals surface area contributed by atoms with Crippen molar-refractivity contribution in [1.29, 1.82) is 5.26 Å². The van der Waals surface area contributed by atoms with E-state index in [4.69, 9.17) is 9.47 Å². The van der Waals surface area contributed by atoms with Gasteiger partial charge in [0.25, 0.3) is 0 Å². The van der Waals surface area contributed by atoms with E-state index in [1.165, 1.54) is 6.08 Å². The molecule has 0 atom stereocenters. The minimum atomic E-state index is -0.449. The summed E-state index contributed by atoms with van der Waals surface area (Å²) in [6, 6.07) is 13.8. The number of carbonyl (C=O) groups excluding carboxylic acids is 1. The van der Waals surface area contributed by atoms with Gasteiger partial charge in [0.05, 0.1) is 24.4 Å². The number of rotatable bonds is 7. The Morgan fingerprint density at radius 2 is 2.03 bits per heavy atom. The van der Waals surface area contributed by atoms with Crippen LogP contribution in [0.1, 0.15) is 29.4 Å². The second kappa shape index (κ2) is 9.07. The molecular weight excluding hydrogens is 366 g/mol. The maximum atomic E-state index is 11.8.